The molecule has 1 saturated heterocycles. The quantitative estimate of drug-likeness (QED) is 0.774. The summed E-state index contributed by atoms with van der Waals surface area (Å²) in [7, 11) is 0. The lowest BCUT2D eigenvalue weighted by atomic mass is 10.1. The van der Waals surface area contributed by atoms with E-state index in [1.54, 1.807) is 6.20 Å². The van der Waals surface area contributed by atoms with Gasteiger partial charge in [-0.3, -0.25) is 0 Å². The van der Waals surface area contributed by atoms with E-state index >= 15 is 0 Å². The van der Waals surface area contributed by atoms with Gasteiger partial charge in [0, 0.05) is 6.61 Å². The summed E-state index contributed by atoms with van der Waals surface area (Å²) < 4.78 is 11.1. The number of nitrogens with one attached hydrogen (secondary N) is 1. The smallest absolute Gasteiger partial charge is 0.211 e. The van der Waals surface area contributed by atoms with Crippen molar-refractivity contribution in [3.05, 3.63) is 17.8 Å². The summed E-state index contributed by atoms with van der Waals surface area (Å²) in [5.74, 6) is 1.65. The predicted octanol–water partition coefficient (Wildman–Crippen LogP) is 2.59. The van der Waals surface area contributed by atoms with Crippen LogP contribution in [0.5, 0.6) is 0 Å². The third-order valence-electron chi connectivity index (χ3n) is 3.19. The second-order valence-electron chi connectivity index (χ2n) is 4.76. The first kappa shape index (κ1) is 12.6. The second kappa shape index (κ2) is 6.17. The van der Waals surface area contributed by atoms with E-state index in [4.69, 9.17) is 9.15 Å². The molecular weight excluding hydrogens is 216 g/mol. The third kappa shape index (κ3) is 3.82. The van der Waals surface area contributed by atoms with Crippen LogP contribution in [-0.4, -0.2) is 24.2 Å². The molecule has 2 heterocycles. The molecule has 2 rings (SSSR count). The molecule has 1 aliphatic rings. The Morgan fingerprint density at radius 1 is 1.59 bits per heavy atom. The van der Waals surface area contributed by atoms with E-state index in [0.717, 1.165) is 37.6 Å². The summed E-state index contributed by atoms with van der Waals surface area (Å²) in [6, 6.07) is 0.188. The van der Waals surface area contributed by atoms with Crippen LogP contribution in [0.2, 0.25) is 0 Å². The number of rotatable bonds is 6. The molecule has 0 bridgehead atoms. The lowest BCUT2D eigenvalue weighted by molar-refractivity contribution is 0.102. The SMILES string of the molecule is Cc1cnc(C(C)NCCCC2CCCO2)o1. The van der Waals surface area contributed by atoms with Gasteiger partial charge in [0.15, 0.2) is 0 Å². The zero-order valence-electron chi connectivity index (χ0n) is 10.7. The normalized spacial score (nSPS) is 21.9. The van der Waals surface area contributed by atoms with Gasteiger partial charge in [0.25, 0.3) is 0 Å². The van der Waals surface area contributed by atoms with Crippen LogP contribution < -0.4 is 5.32 Å². The van der Waals surface area contributed by atoms with Gasteiger partial charge >= 0.3 is 0 Å². The summed E-state index contributed by atoms with van der Waals surface area (Å²) in [6.07, 6.45) is 7.02. The Hall–Kier alpha value is -0.870. The number of aryl methyl sites for hydroxylation is 1. The Morgan fingerprint density at radius 3 is 3.12 bits per heavy atom. The molecule has 1 aromatic heterocycles. The van der Waals surface area contributed by atoms with Crippen LogP contribution in [-0.2, 0) is 4.74 Å². The van der Waals surface area contributed by atoms with Crippen molar-refractivity contribution in [3.63, 3.8) is 0 Å². The van der Waals surface area contributed by atoms with Crippen LogP contribution in [0.4, 0.5) is 0 Å². The summed E-state index contributed by atoms with van der Waals surface area (Å²) >= 11 is 0. The molecule has 17 heavy (non-hydrogen) atoms. The van der Waals surface area contributed by atoms with E-state index in [2.05, 4.69) is 17.2 Å². The van der Waals surface area contributed by atoms with E-state index in [1.807, 2.05) is 6.92 Å². The van der Waals surface area contributed by atoms with Crippen molar-refractivity contribution in [1.29, 1.82) is 0 Å². The molecule has 2 atom stereocenters. The van der Waals surface area contributed by atoms with Gasteiger partial charge in [0.2, 0.25) is 5.89 Å². The Labute approximate surface area is 103 Å². The van der Waals surface area contributed by atoms with Crippen LogP contribution in [0.15, 0.2) is 10.6 Å². The summed E-state index contributed by atoms with van der Waals surface area (Å²) in [6.45, 7) is 5.94. The molecule has 0 saturated carbocycles. The molecule has 2 unspecified atom stereocenters. The fourth-order valence-electron chi connectivity index (χ4n) is 2.18. The lowest BCUT2D eigenvalue weighted by Gasteiger charge is -2.12. The second-order valence-corrected chi connectivity index (χ2v) is 4.76. The Morgan fingerprint density at radius 2 is 2.47 bits per heavy atom. The maximum Gasteiger partial charge on any atom is 0.211 e. The Kier molecular flexibility index (Phi) is 4.57. The first-order valence-electron chi connectivity index (χ1n) is 6.53. The zero-order valence-corrected chi connectivity index (χ0v) is 10.7. The maximum atomic E-state index is 5.59. The molecule has 0 spiro atoms. The molecule has 0 radical (unpaired) electrons. The Balaban J connectivity index is 1.61. The van der Waals surface area contributed by atoms with Crippen molar-refractivity contribution in [2.45, 2.75) is 51.7 Å². The average molecular weight is 238 g/mol. The fraction of sp³-hybridized carbons (Fsp3) is 0.769. The van der Waals surface area contributed by atoms with E-state index < -0.39 is 0 Å². The monoisotopic (exact) mass is 238 g/mol. The Bertz CT molecular complexity index is 332. The molecule has 1 fully saturated rings. The van der Waals surface area contributed by atoms with Gasteiger partial charge in [-0.1, -0.05) is 0 Å². The molecule has 96 valence electrons. The van der Waals surface area contributed by atoms with E-state index in [0.29, 0.717) is 6.10 Å². The number of oxazole rings is 1. The zero-order chi connectivity index (χ0) is 12.1. The molecule has 4 nitrogen and oxygen atoms in total. The number of aromatic nitrogens is 1. The van der Waals surface area contributed by atoms with Gasteiger partial charge in [-0.05, 0) is 46.1 Å². The van der Waals surface area contributed by atoms with Crippen molar-refractivity contribution in [1.82, 2.24) is 10.3 Å². The first-order valence-corrected chi connectivity index (χ1v) is 6.53. The minimum absolute atomic E-state index is 0.188. The van der Waals surface area contributed by atoms with Gasteiger partial charge in [-0.25, -0.2) is 4.98 Å². The summed E-state index contributed by atoms with van der Waals surface area (Å²) in [5, 5.41) is 3.42. The lowest BCUT2D eigenvalue weighted by Crippen LogP contribution is -2.21. The topological polar surface area (TPSA) is 47.3 Å². The van der Waals surface area contributed by atoms with Crippen LogP contribution in [0.25, 0.3) is 0 Å². The maximum absolute atomic E-state index is 5.59. The van der Waals surface area contributed by atoms with Crippen LogP contribution in [0, 0.1) is 6.92 Å². The molecule has 0 aromatic carbocycles. The van der Waals surface area contributed by atoms with E-state index in [-0.39, 0.29) is 6.04 Å². The highest BCUT2D eigenvalue weighted by molar-refractivity contribution is 4.94. The first-order chi connectivity index (χ1) is 8.25. The molecular formula is C13H22N2O2. The van der Waals surface area contributed by atoms with Gasteiger partial charge < -0.3 is 14.5 Å². The largest absolute Gasteiger partial charge is 0.444 e. The molecule has 1 aromatic rings. The van der Waals surface area contributed by atoms with E-state index in [1.165, 1.54) is 12.8 Å². The predicted molar refractivity (Wildman–Crippen MR) is 65.9 cm³/mol. The van der Waals surface area contributed by atoms with Crippen LogP contribution >= 0.6 is 0 Å². The number of hydrogen-bond donors (Lipinski definition) is 1. The number of nitrogens with zero attached hydrogens (tertiary/aromatic N) is 1. The molecule has 1 aliphatic heterocycles. The highest BCUT2D eigenvalue weighted by atomic mass is 16.5. The van der Waals surface area contributed by atoms with Crippen LogP contribution in [0.1, 0.15) is 50.3 Å². The summed E-state index contributed by atoms with van der Waals surface area (Å²) in [4.78, 5) is 4.22. The molecule has 0 amide bonds. The number of ether oxygens (including phenoxy) is 1. The highest BCUT2D eigenvalue weighted by Crippen LogP contribution is 2.17. The molecule has 1 N–H and O–H groups in total. The van der Waals surface area contributed by atoms with Gasteiger partial charge in [0.1, 0.15) is 5.76 Å². The fourth-order valence-corrected chi connectivity index (χ4v) is 2.18. The van der Waals surface area contributed by atoms with Crippen molar-refractivity contribution >= 4 is 0 Å². The van der Waals surface area contributed by atoms with Gasteiger partial charge in [-0.15, -0.1) is 0 Å². The average Bonchev–Trinajstić information content (AvgIpc) is 2.95. The van der Waals surface area contributed by atoms with Gasteiger partial charge in [0.05, 0.1) is 18.3 Å². The highest BCUT2D eigenvalue weighted by Gasteiger charge is 2.15. The van der Waals surface area contributed by atoms with Crippen molar-refractivity contribution in [2.75, 3.05) is 13.2 Å². The van der Waals surface area contributed by atoms with Crippen LogP contribution in [0.3, 0.4) is 0 Å². The molecule has 0 aliphatic carbocycles. The minimum atomic E-state index is 0.188. The number of hydrogen-bond acceptors (Lipinski definition) is 4. The van der Waals surface area contributed by atoms with Crippen molar-refractivity contribution in [2.24, 2.45) is 0 Å². The van der Waals surface area contributed by atoms with Gasteiger partial charge in [-0.2, -0.15) is 0 Å². The summed E-state index contributed by atoms with van der Waals surface area (Å²) in [5.41, 5.74) is 0. The minimum Gasteiger partial charge on any atom is -0.444 e. The van der Waals surface area contributed by atoms with Crippen molar-refractivity contribution < 1.29 is 9.15 Å². The molecule has 4 heteroatoms. The standard InChI is InChI=1S/C13H22N2O2/c1-10-9-15-13(17-10)11(2)14-7-3-5-12-6-4-8-16-12/h9,11-12,14H,3-8H2,1-2H3. The third-order valence-corrected chi connectivity index (χ3v) is 3.19. The van der Waals surface area contributed by atoms with Crippen molar-refractivity contribution in [3.8, 4) is 0 Å². The van der Waals surface area contributed by atoms with E-state index in [9.17, 15) is 0 Å².